The lowest BCUT2D eigenvalue weighted by atomic mass is 10.2. The Bertz CT molecular complexity index is 545. The molecule has 4 heteroatoms. The zero-order valence-electron chi connectivity index (χ0n) is 11.3. The van der Waals surface area contributed by atoms with Crippen molar-refractivity contribution in [1.29, 1.82) is 0 Å². The van der Waals surface area contributed by atoms with Gasteiger partial charge in [-0.15, -0.1) is 5.10 Å². The molecule has 0 atom stereocenters. The number of hydrogen-bond donors (Lipinski definition) is 1. The number of aromatic nitrogens is 2. The van der Waals surface area contributed by atoms with Crippen LogP contribution >= 0.6 is 0 Å². The lowest BCUT2D eigenvalue weighted by Gasteiger charge is -2.20. The first kappa shape index (κ1) is 12.4. The number of nitrogens with one attached hydrogen (secondary N) is 1. The average Bonchev–Trinajstić information content (AvgIpc) is 3.28. The van der Waals surface area contributed by atoms with Crippen molar-refractivity contribution in [1.82, 2.24) is 15.1 Å². The van der Waals surface area contributed by atoms with Crippen molar-refractivity contribution in [2.24, 2.45) is 0 Å². The highest BCUT2D eigenvalue weighted by Crippen LogP contribution is 2.26. The Balaban J connectivity index is 1.65. The number of anilines is 1. The summed E-state index contributed by atoms with van der Waals surface area (Å²) in [5.74, 6) is 0.893. The molecule has 1 saturated carbocycles. The van der Waals surface area contributed by atoms with Crippen LogP contribution in [0.15, 0.2) is 30.5 Å². The van der Waals surface area contributed by atoms with E-state index in [0.717, 1.165) is 42.3 Å². The van der Waals surface area contributed by atoms with Gasteiger partial charge in [-0.05, 0) is 19.4 Å². The van der Waals surface area contributed by atoms with Crippen LogP contribution in [0.1, 0.15) is 19.8 Å². The first-order valence-corrected chi connectivity index (χ1v) is 7.07. The highest BCUT2D eigenvalue weighted by molar-refractivity contribution is 5.90. The zero-order chi connectivity index (χ0) is 13.1. The lowest BCUT2D eigenvalue weighted by Crippen LogP contribution is -2.31. The quantitative estimate of drug-likeness (QED) is 0.862. The Hall–Kier alpha value is -1.68. The highest BCUT2D eigenvalue weighted by Gasteiger charge is 2.27. The Labute approximate surface area is 113 Å². The fourth-order valence-electron chi connectivity index (χ4n) is 2.51. The maximum atomic E-state index is 4.21. The van der Waals surface area contributed by atoms with E-state index < -0.39 is 0 Å². The summed E-state index contributed by atoms with van der Waals surface area (Å²) < 4.78 is 0. The summed E-state index contributed by atoms with van der Waals surface area (Å²) in [5, 5.41) is 14.0. The molecule has 100 valence electrons. The lowest BCUT2D eigenvalue weighted by molar-refractivity contribution is 0.289. The van der Waals surface area contributed by atoms with Crippen molar-refractivity contribution >= 4 is 16.6 Å². The van der Waals surface area contributed by atoms with Crippen molar-refractivity contribution in [3.05, 3.63) is 30.5 Å². The predicted octanol–water partition coefficient (Wildman–Crippen LogP) is 2.53. The average molecular weight is 256 g/mol. The van der Waals surface area contributed by atoms with E-state index in [-0.39, 0.29) is 0 Å². The second kappa shape index (κ2) is 5.53. The van der Waals surface area contributed by atoms with E-state index in [0.29, 0.717) is 0 Å². The van der Waals surface area contributed by atoms with Crippen molar-refractivity contribution in [3.8, 4) is 0 Å². The van der Waals surface area contributed by atoms with E-state index >= 15 is 0 Å². The molecule has 0 bridgehead atoms. The largest absolute Gasteiger partial charge is 0.367 e. The summed E-state index contributed by atoms with van der Waals surface area (Å²) in [4.78, 5) is 2.53. The predicted molar refractivity (Wildman–Crippen MR) is 78.3 cm³/mol. The van der Waals surface area contributed by atoms with E-state index in [1.807, 2.05) is 18.3 Å². The van der Waals surface area contributed by atoms with Gasteiger partial charge >= 0.3 is 0 Å². The van der Waals surface area contributed by atoms with Gasteiger partial charge in [-0.3, -0.25) is 4.90 Å². The Kier molecular flexibility index (Phi) is 3.60. The van der Waals surface area contributed by atoms with Crippen LogP contribution in [-0.2, 0) is 0 Å². The van der Waals surface area contributed by atoms with Crippen LogP contribution in [0.2, 0.25) is 0 Å². The number of hydrogen-bond acceptors (Lipinski definition) is 4. The number of rotatable bonds is 6. The number of benzene rings is 1. The topological polar surface area (TPSA) is 41.0 Å². The van der Waals surface area contributed by atoms with Gasteiger partial charge in [0.1, 0.15) is 0 Å². The smallest absolute Gasteiger partial charge is 0.156 e. The van der Waals surface area contributed by atoms with Gasteiger partial charge in [0.05, 0.1) is 6.20 Å². The normalized spacial score (nSPS) is 15.1. The molecule has 1 heterocycles. The summed E-state index contributed by atoms with van der Waals surface area (Å²) in [6, 6.07) is 9.05. The first-order chi connectivity index (χ1) is 9.38. The van der Waals surface area contributed by atoms with Gasteiger partial charge in [-0.1, -0.05) is 31.2 Å². The van der Waals surface area contributed by atoms with Gasteiger partial charge in [0.2, 0.25) is 0 Å². The Morgan fingerprint density at radius 2 is 2.16 bits per heavy atom. The molecular formula is C15H20N4. The molecule has 3 rings (SSSR count). The molecule has 0 unspecified atom stereocenters. The molecule has 4 nitrogen and oxygen atoms in total. The maximum Gasteiger partial charge on any atom is 0.156 e. The highest BCUT2D eigenvalue weighted by atomic mass is 15.2. The molecule has 1 N–H and O–H groups in total. The van der Waals surface area contributed by atoms with Crippen LogP contribution < -0.4 is 5.32 Å². The van der Waals surface area contributed by atoms with E-state index in [4.69, 9.17) is 0 Å². The molecule has 0 amide bonds. The van der Waals surface area contributed by atoms with Crippen molar-refractivity contribution < 1.29 is 0 Å². The van der Waals surface area contributed by atoms with Crippen LogP contribution in [0.5, 0.6) is 0 Å². The summed E-state index contributed by atoms with van der Waals surface area (Å²) in [6.45, 7) is 5.36. The molecule has 1 fully saturated rings. The van der Waals surface area contributed by atoms with Crippen molar-refractivity contribution in [2.45, 2.75) is 25.8 Å². The zero-order valence-corrected chi connectivity index (χ0v) is 11.3. The molecule has 2 aromatic rings. The van der Waals surface area contributed by atoms with Crippen LogP contribution in [0, 0.1) is 0 Å². The van der Waals surface area contributed by atoms with Crippen LogP contribution in [0.3, 0.4) is 0 Å². The summed E-state index contributed by atoms with van der Waals surface area (Å²) in [5.41, 5.74) is 0. The molecule has 0 aliphatic heterocycles. The van der Waals surface area contributed by atoms with E-state index in [9.17, 15) is 0 Å². The van der Waals surface area contributed by atoms with Crippen molar-refractivity contribution in [3.63, 3.8) is 0 Å². The maximum absolute atomic E-state index is 4.21. The fourth-order valence-corrected chi connectivity index (χ4v) is 2.51. The van der Waals surface area contributed by atoms with Gasteiger partial charge in [-0.2, -0.15) is 5.10 Å². The molecule has 0 spiro atoms. The third kappa shape index (κ3) is 2.84. The monoisotopic (exact) mass is 256 g/mol. The van der Waals surface area contributed by atoms with Gasteiger partial charge in [0, 0.05) is 29.9 Å². The minimum atomic E-state index is 0.824. The second-order valence-corrected chi connectivity index (χ2v) is 5.07. The molecule has 1 aromatic carbocycles. The minimum absolute atomic E-state index is 0.824. The molecule has 0 radical (unpaired) electrons. The van der Waals surface area contributed by atoms with Crippen LogP contribution in [0.4, 0.5) is 5.82 Å². The fraction of sp³-hybridized carbons (Fsp3) is 0.467. The Morgan fingerprint density at radius 3 is 2.95 bits per heavy atom. The van der Waals surface area contributed by atoms with Crippen LogP contribution in [0.25, 0.3) is 10.8 Å². The SMILES string of the molecule is CCN(CCNc1nncc2ccccc12)C1CC1. The first-order valence-electron chi connectivity index (χ1n) is 7.07. The summed E-state index contributed by atoms with van der Waals surface area (Å²) in [7, 11) is 0. The van der Waals surface area contributed by atoms with E-state index in [1.54, 1.807) is 0 Å². The van der Waals surface area contributed by atoms with Gasteiger partial charge in [-0.25, -0.2) is 0 Å². The standard InChI is InChI=1S/C15H20N4/c1-2-19(13-7-8-13)10-9-16-15-14-6-4-3-5-12(14)11-17-18-15/h3-6,11,13H,2,7-10H2,1H3,(H,16,18). The number of fused-ring (bicyclic) bond motifs is 1. The van der Waals surface area contributed by atoms with Crippen molar-refractivity contribution in [2.75, 3.05) is 25.0 Å². The summed E-state index contributed by atoms with van der Waals surface area (Å²) in [6.07, 6.45) is 4.53. The second-order valence-electron chi connectivity index (χ2n) is 5.07. The third-order valence-corrected chi connectivity index (χ3v) is 3.73. The molecular weight excluding hydrogens is 236 g/mol. The van der Waals surface area contributed by atoms with Gasteiger partial charge in [0.25, 0.3) is 0 Å². The molecule has 1 aliphatic carbocycles. The molecule has 0 saturated heterocycles. The minimum Gasteiger partial charge on any atom is -0.367 e. The number of likely N-dealkylation sites (N-methyl/N-ethyl adjacent to an activating group) is 1. The number of nitrogens with zero attached hydrogens (tertiary/aromatic N) is 3. The molecule has 1 aliphatic rings. The van der Waals surface area contributed by atoms with Crippen LogP contribution in [-0.4, -0.2) is 40.8 Å². The molecule has 1 aromatic heterocycles. The van der Waals surface area contributed by atoms with E-state index in [2.05, 4.69) is 39.5 Å². The Morgan fingerprint density at radius 1 is 1.32 bits per heavy atom. The van der Waals surface area contributed by atoms with E-state index in [1.165, 1.54) is 12.8 Å². The van der Waals surface area contributed by atoms with Gasteiger partial charge < -0.3 is 5.32 Å². The summed E-state index contributed by atoms with van der Waals surface area (Å²) >= 11 is 0. The third-order valence-electron chi connectivity index (χ3n) is 3.73. The molecule has 19 heavy (non-hydrogen) atoms. The van der Waals surface area contributed by atoms with Gasteiger partial charge in [0.15, 0.2) is 5.82 Å².